The molecule has 8 heteroatoms. The normalized spacial score (nSPS) is 10.8. The maximum atomic E-state index is 11.5. The third-order valence-corrected chi connectivity index (χ3v) is 3.60. The molecule has 0 unspecified atom stereocenters. The minimum absolute atomic E-state index is 0.0106. The molecule has 0 aliphatic carbocycles. The van der Waals surface area contributed by atoms with Crippen molar-refractivity contribution in [3.63, 3.8) is 0 Å². The van der Waals surface area contributed by atoms with Crippen molar-refractivity contribution in [3.05, 3.63) is 57.6 Å². The van der Waals surface area contributed by atoms with Crippen LogP contribution < -0.4 is 10.1 Å². The van der Waals surface area contributed by atoms with Crippen LogP contribution in [0, 0.1) is 11.3 Å². The molecule has 6 nitrogen and oxygen atoms in total. The summed E-state index contributed by atoms with van der Waals surface area (Å²) in [6.45, 7) is 0. The van der Waals surface area contributed by atoms with E-state index in [2.05, 4.69) is 10.3 Å². The van der Waals surface area contributed by atoms with Crippen molar-refractivity contribution in [2.45, 2.75) is 0 Å². The van der Waals surface area contributed by atoms with E-state index in [1.807, 2.05) is 6.07 Å². The summed E-state index contributed by atoms with van der Waals surface area (Å²) in [7, 11) is 2.79. The maximum Gasteiger partial charge on any atom is 0.343 e. The number of nitrogens with zero attached hydrogens (tertiary/aromatic N) is 2. The predicted octanol–water partition coefficient (Wildman–Crippen LogP) is 4.39. The van der Waals surface area contributed by atoms with Crippen molar-refractivity contribution in [2.75, 3.05) is 14.2 Å². The molecule has 0 spiro atoms. The number of carbonyl (C=O) groups is 1. The molecular formula is C17H13Cl2N3O3. The van der Waals surface area contributed by atoms with Crippen LogP contribution in [0.3, 0.4) is 0 Å². The van der Waals surface area contributed by atoms with Crippen LogP contribution in [-0.4, -0.2) is 26.1 Å². The topological polar surface area (TPSA) is 83.7 Å². The third kappa shape index (κ3) is 4.63. The molecule has 0 radical (unpaired) electrons. The number of amides is 2. The van der Waals surface area contributed by atoms with Gasteiger partial charge in [0.15, 0.2) is 0 Å². The van der Waals surface area contributed by atoms with E-state index >= 15 is 0 Å². The zero-order valence-electron chi connectivity index (χ0n) is 13.3. The van der Waals surface area contributed by atoms with Gasteiger partial charge >= 0.3 is 6.03 Å². The van der Waals surface area contributed by atoms with Crippen LogP contribution in [0.5, 0.6) is 11.5 Å². The SMILES string of the molecule is CNC(=O)N=C(OC)c1cc(Oc2ccc(Cl)cc2Cl)ccc1C#N. The van der Waals surface area contributed by atoms with Gasteiger partial charge in [-0.3, -0.25) is 0 Å². The molecule has 2 amide bonds. The molecular weight excluding hydrogens is 365 g/mol. The number of benzene rings is 2. The second-order valence-corrected chi connectivity index (χ2v) is 5.52. The lowest BCUT2D eigenvalue weighted by Gasteiger charge is -2.11. The molecule has 128 valence electrons. The molecule has 2 aromatic rings. The van der Waals surface area contributed by atoms with Crippen LogP contribution in [-0.2, 0) is 4.74 Å². The van der Waals surface area contributed by atoms with Crippen molar-refractivity contribution < 1.29 is 14.3 Å². The van der Waals surface area contributed by atoms with Crippen LogP contribution in [0.15, 0.2) is 41.4 Å². The van der Waals surface area contributed by atoms with Gasteiger partial charge in [0.2, 0.25) is 5.90 Å². The summed E-state index contributed by atoms with van der Waals surface area (Å²) >= 11 is 12.0. The van der Waals surface area contributed by atoms with E-state index in [1.54, 1.807) is 24.3 Å². The second kappa shape index (κ2) is 8.38. The van der Waals surface area contributed by atoms with Gasteiger partial charge in [-0.2, -0.15) is 10.3 Å². The van der Waals surface area contributed by atoms with Crippen LogP contribution >= 0.6 is 23.2 Å². The Balaban J connectivity index is 2.44. The van der Waals surface area contributed by atoms with Crippen molar-refractivity contribution >= 4 is 35.1 Å². The van der Waals surface area contributed by atoms with E-state index in [0.29, 0.717) is 27.1 Å². The highest BCUT2D eigenvalue weighted by molar-refractivity contribution is 6.35. The van der Waals surface area contributed by atoms with Gasteiger partial charge in [-0.15, -0.1) is 0 Å². The van der Waals surface area contributed by atoms with E-state index in [9.17, 15) is 10.1 Å². The van der Waals surface area contributed by atoms with Gasteiger partial charge in [-0.25, -0.2) is 4.79 Å². The summed E-state index contributed by atoms with van der Waals surface area (Å²) in [5.41, 5.74) is 0.593. The number of urea groups is 1. The van der Waals surface area contributed by atoms with Crippen molar-refractivity contribution in [1.29, 1.82) is 5.26 Å². The molecule has 0 atom stereocenters. The molecule has 25 heavy (non-hydrogen) atoms. The van der Waals surface area contributed by atoms with Gasteiger partial charge in [-0.1, -0.05) is 23.2 Å². The van der Waals surface area contributed by atoms with Gasteiger partial charge < -0.3 is 14.8 Å². The van der Waals surface area contributed by atoms with E-state index in [-0.39, 0.29) is 11.5 Å². The fourth-order valence-electron chi connectivity index (χ4n) is 1.91. The number of hydrogen-bond acceptors (Lipinski definition) is 4. The fraction of sp³-hybridized carbons (Fsp3) is 0.118. The first-order chi connectivity index (χ1) is 12.0. The monoisotopic (exact) mass is 377 g/mol. The zero-order chi connectivity index (χ0) is 18.4. The Labute approximate surface area is 154 Å². The third-order valence-electron chi connectivity index (χ3n) is 3.07. The Morgan fingerprint density at radius 2 is 2.00 bits per heavy atom. The summed E-state index contributed by atoms with van der Waals surface area (Å²) in [6, 6.07) is 10.9. The summed E-state index contributed by atoms with van der Waals surface area (Å²) in [5, 5.41) is 12.4. The molecule has 0 fully saturated rings. The lowest BCUT2D eigenvalue weighted by molar-refractivity contribution is 0.250. The van der Waals surface area contributed by atoms with Gasteiger partial charge in [-0.05, 0) is 36.4 Å². The number of aliphatic imine (C=N–C) groups is 1. The highest BCUT2D eigenvalue weighted by Crippen LogP contribution is 2.32. The van der Waals surface area contributed by atoms with Crippen molar-refractivity contribution in [2.24, 2.45) is 4.99 Å². The number of halogens is 2. The molecule has 0 heterocycles. The Hall–Kier alpha value is -2.75. The molecule has 0 bridgehead atoms. The average Bonchev–Trinajstić information content (AvgIpc) is 2.61. The van der Waals surface area contributed by atoms with Crippen molar-refractivity contribution in [1.82, 2.24) is 5.32 Å². The first-order valence-electron chi connectivity index (χ1n) is 7.00. The van der Waals surface area contributed by atoms with Gasteiger partial charge in [0.05, 0.1) is 29.3 Å². The number of methoxy groups -OCH3 is 1. The van der Waals surface area contributed by atoms with E-state index in [1.165, 1.54) is 26.3 Å². The maximum absolute atomic E-state index is 11.5. The minimum atomic E-state index is -0.604. The second-order valence-electron chi connectivity index (χ2n) is 4.67. The number of hydrogen-bond donors (Lipinski definition) is 1. The molecule has 1 N–H and O–H groups in total. The largest absolute Gasteiger partial charge is 0.480 e. The first-order valence-corrected chi connectivity index (χ1v) is 7.76. The zero-order valence-corrected chi connectivity index (χ0v) is 14.9. The summed E-state index contributed by atoms with van der Waals surface area (Å²) < 4.78 is 10.9. The molecule has 0 saturated carbocycles. The molecule has 0 aliphatic heterocycles. The van der Waals surface area contributed by atoms with Crippen LogP contribution in [0.2, 0.25) is 10.0 Å². The van der Waals surface area contributed by atoms with Gasteiger partial charge in [0.1, 0.15) is 11.5 Å². The Bertz CT molecular complexity index is 876. The number of nitriles is 1. The highest BCUT2D eigenvalue weighted by Gasteiger charge is 2.14. The molecule has 0 aromatic heterocycles. The van der Waals surface area contributed by atoms with Crippen LogP contribution in [0.1, 0.15) is 11.1 Å². The van der Waals surface area contributed by atoms with E-state index in [0.717, 1.165) is 0 Å². The van der Waals surface area contributed by atoms with Gasteiger partial charge in [0, 0.05) is 12.1 Å². The highest BCUT2D eigenvalue weighted by atomic mass is 35.5. The van der Waals surface area contributed by atoms with E-state index < -0.39 is 6.03 Å². The summed E-state index contributed by atoms with van der Waals surface area (Å²) in [6.07, 6.45) is 0. The van der Waals surface area contributed by atoms with Gasteiger partial charge in [0.25, 0.3) is 0 Å². The number of carbonyl (C=O) groups excluding carboxylic acids is 1. The molecule has 0 aliphatic rings. The average molecular weight is 378 g/mol. The van der Waals surface area contributed by atoms with Crippen LogP contribution in [0.25, 0.3) is 0 Å². The first kappa shape index (κ1) is 18.6. The smallest absolute Gasteiger partial charge is 0.343 e. The molecule has 2 aromatic carbocycles. The Morgan fingerprint density at radius 3 is 2.60 bits per heavy atom. The lowest BCUT2D eigenvalue weighted by atomic mass is 10.1. The number of nitrogens with one attached hydrogen (secondary N) is 1. The standard InChI is InChI=1S/C17H13Cl2N3O3/c1-21-17(23)22-16(24-2)13-8-12(5-3-10(13)9-20)25-15-6-4-11(18)7-14(15)19/h3-8H,1-2H3,(H,21,23). The Morgan fingerprint density at radius 1 is 1.24 bits per heavy atom. The van der Waals surface area contributed by atoms with Crippen molar-refractivity contribution in [3.8, 4) is 17.6 Å². The minimum Gasteiger partial charge on any atom is -0.480 e. The quantitative estimate of drug-likeness (QED) is 0.634. The predicted molar refractivity (Wildman–Crippen MR) is 95.7 cm³/mol. The summed E-state index contributed by atoms with van der Waals surface area (Å²) in [4.78, 5) is 15.2. The Kier molecular flexibility index (Phi) is 6.23. The number of rotatable bonds is 3. The number of ether oxygens (including phenoxy) is 2. The molecule has 0 saturated heterocycles. The fourth-order valence-corrected chi connectivity index (χ4v) is 2.36. The molecule has 2 rings (SSSR count). The lowest BCUT2D eigenvalue weighted by Crippen LogP contribution is -2.17. The van der Waals surface area contributed by atoms with Crippen LogP contribution in [0.4, 0.5) is 4.79 Å². The van der Waals surface area contributed by atoms with E-state index in [4.69, 9.17) is 32.7 Å². The summed E-state index contributed by atoms with van der Waals surface area (Å²) in [5.74, 6) is 0.771.